The van der Waals surface area contributed by atoms with E-state index >= 15 is 0 Å². The maximum Gasteiger partial charge on any atom is 0.223 e. The van der Waals surface area contributed by atoms with Gasteiger partial charge in [-0.05, 0) is 13.3 Å². The number of aromatic nitrogens is 2. The predicted molar refractivity (Wildman–Crippen MR) is 68.7 cm³/mol. The summed E-state index contributed by atoms with van der Waals surface area (Å²) in [4.78, 5) is 24.3. The number of carbonyl (C=O) groups is 1. The maximum absolute atomic E-state index is 11.6. The molecular weight excluding hydrogens is 252 g/mol. The van der Waals surface area contributed by atoms with Crippen molar-refractivity contribution < 1.29 is 4.79 Å². The lowest BCUT2D eigenvalue weighted by Crippen LogP contribution is -2.51. The van der Waals surface area contributed by atoms with Crippen LogP contribution in [0.25, 0.3) is 0 Å². The Morgan fingerprint density at radius 1 is 1.39 bits per heavy atom. The third kappa shape index (κ3) is 2.03. The van der Waals surface area contributed by atoms with Crippen LogP contribution in [0.1, 0.15) is 18.7 Å². The lowest BCUT2D eigenvalue weighted by Gasteiger charge is -2.38. The van der Waals surface area contributed by atoms with Crippen molar-refractivity contribution in [3.8, 4) is 0 Å². The normalized spacial score (nSPS) is 23.4. The van der Waals surface area contributed by atoms with E-state index in [0.717, 1.165) is 31.9 Å². The highest BCUT2D eigenvalue weighted by atomic mass is 35.5. The van der Waals surface area contributed by atoms with Crippen LogP contribution in [0.3, 0.4) is 0 Å². The molecule has 5 nitrogen and oxygen atoms in total. The number of piperazine rings is 1. The van der Waals surface area contributed by atoms with Crippen LogP contribution in [-0.2, 0) is 4.79 Å². The molecule has 0 saturated carbocycles. The lowest BCUT2D eigenvalue weighted by molar-refractivity contribution is -0.129. The average Bonchev–Trinajstić information content (AvgIpc) is 2.69. The van der Waals surface area contributed by atoms with Crippen molar-refractivity contribution in [3.05, 3.63) is 17.0 Å². The van der Waals surface area contributed by atoms with Crippen LogP contribution in [0.2, 0.25) is 5.15 Å². The van der Waals surface area contributed by atoms with Gasteiger partial charge in [-0.15, -0.1) is 0 Å². The van der Waals surface area contributed by atoms with E-state index in [2.05, 4.69) is 14.9 Å². The molecule has 1 unspecified atom stereocenters. The topological polar surface area (TPSA) is 49.3 Å². The Kier molecular flexibility index (Phi) is 2.86. The van der Waals surface area contributed by atoms with Gasteiger partial charge in [0.2, 0.25) is 5.91 Å². The number of nitrogens with zero attached hydrogens (tertiary/aromatic N) is 4. The first-order valence-electron chi connectivity index (χ1n) is 6.19. The summed E-state index contributed by atoms with van der Waals surface area (Å²) in [6.45, 7) is 4.28. The summed E-state index contributed by atoms with van der Waals surface area (Å²) in [5, 5.41) is 0.474. The van der Waals surface area contributed by atoms with Gasteiger partial charge in [-0.25, -0.2) is 9.97 Å². The van der Waals surface area contributed by atoms with Crippen molar-refractivity contribution >= 4 is 23.3 Å². The number of carbonyl (C=O) groups excluding carboxylic acids is 1. The molecular formula is C12H15ClN4O. The van der Waals surface area contributed by atoms with Gasteiger partial charge >= 0.3 is 0 Å². The van der Waals surface area contributed by atoms with E-state index in [4.69, 9.17) is 11.6 Å². The van der Waals surface area contributed by atoms with Crippen LogP contribution >= 0.6 is 11.6 Å². The largest absolute Gasteiger partial charge is 0.353 e. The summed E-state index contributed by atoms with van der Waals surface area (Å²) < 4.78 is 0. The fourth-order valence-electron chi connectivity index (χ4n) is 2.75. The molecule has 96 valence electrons. The van der Waals surface area contributed by atoms with E-state index in [1.807, 2.05) is 11.8 Å². The zero-order valence-electron chi connectivity index (χ0n) is 10.3. The number of aryl methyl sites for hydroxylation is 1. The van der Waals surface area contributed by atoms with Gasteiger partial charge < -0.3 is 9.80 Å². The van der Waals surface area contributed by atoms with E-state index in [9.17, 15) is 4.79 Å². The van der Waals surface area contributed by atoms with Gasteiger partial charge in [0.25, 0.3) is 0 Å². The van der Waals surface area contributed by atoms with Crippen LogP contribution in [-0.4, -0.2) is 46.5 Å². The van der Waals surface area contributed by atoms with Crippen molar-refractivity contribution in [3.63, 3.8) is 0 Å². The average molecular weight is 267 g/mol. The molecule has 18 heavy (non-hydrogen) atoms. The van der Waals surface area contributed by atoms with Gasteiger partial charge in [0.15, 0.2) is 0 Å². The van der Waals surface area contributed by atoms with E-state index in [-0.39, 0.29) is 5.91 Å². The minimum absolute atomic E-state index is 0.288. The van der Waals surface area contributed by atoms with Crippen LogP contribution < -0.4 is 4.90 Å². The Labute approximate surface area is 111 Å². The van der Waals surface area contributed by atoms with Gasteiger partial charge in [0.1, 0.15) is 16.8 Å². The minimum atomic E-state index is 0.288. The second-order valence-corrected chi connectivity index (χ2v) is 5.21. The number of fused-ring (bicyclic) bond motifs is 1. The molecule has 3 heterocycles. The standard InChI is InChI=1S/C12H15ClN4O/c1-8-14-10(13)6-11(15-8)16-4-5-17-9(7-16)2-3-12(17)18/h6,9H,2-5,7H2,1H3. The zero-order valence-corrected chi connectivity index (χ0v) is 11.0. The summed E-state index contributed by atoms with van der Waals surface area (Å²) in [5.74, 6) is 1.84. The summed E-state index contributed by atoms with van der Waals surface area (Å²) in [6.07, 6.45) is 1.63. The molecule has 2 aliphatic rings. The number of anilines is 1. The third-order valence-electron chi connectivity index (χ3n) is 3.61. The fraction of sp³-hybridized carbons (Fsp3) is 0.583. The molecule has 0 radical (unpaired) electrons. The van der Waals surface area contributed by atoms with Crippen LogP contribution in [0.5, 0.6) is 0 Å². The van der Waals surface area contributed by atoms with Gasteiger partial charge in [0, 0.05) is 38.2 Å². The number of halogens is 1. The second-order valence-electron chi connectivity index (χ2n) is 4.82. The molecule has 0 N–H and O–H groups in total. The van der Waals surface area contributed by atoms with E-state index < -0.39 is 0 Å². The molecule has 2 fully saturated rings. The zero-order chi connectivity index (χ0) is 12.7. The first-order chi connectivity index (χ1) is 8.63. The van der Waals surface area contributed by atoms with Crippen LogP contribution in [0.4, 0.5) is 5.82 Å². The Balaban J connectivity index is 1.80. The summed E-state index contributed by atoms with van der Waals surface area (Å²) in [5.41, 5.74) is 0. The molecule has 0 spiro atoms. The maximum atomic E-state index is 11.6. The van der Waals surface area contributed by atoms with Crippen molar-refractivity contribution in [2.24, 2.45) is 0 Å². The molecule has 1 amide bonds. The number of hydrogen-bond acceptors (Lipinski definition) is 4. The molecule has 2 saturated heterocycles. The quantitative estimate of drug-likeness (QED) is 0.718. The highest BCUT2D eigenvalue weighted by Gasteiger charge is 2.35. The molecule has 1 atom stereocenters. The molecule has 2 aliphatic heterocycles. The first-order valence-corrected chi connectivity index (χ1v) is 6.57. The second kappa shape index (κ2) is 4.39. The Morgan fingerprint density at radius 2 is 2.22 bits per heavy atom. The monoisotopic (exact) mass is 266 g/mol. The molecule has 0 aliphatic carbocycles. The van der Waals surface area contributed by atoms with Gasteiger partial charge in [-0.3, -0.25) is 4.79 Å². The molecule has 6 heteroatoms. The summed E-state index contributed by atoms with van der Waals surface area (Å²) in [6, 6.07) is 2.13. The number of hydrogen-bond donors (Lipinski definition) is 0. The summed E-state index contributed by atoms with van der Waals surface area (Å²) in [7, 11) is 0. The highest BCUT2D eigenvalue weighted by molar-refractivity contribution is 6.29. The van der Waals surface area contributed by atoms with Crippen molar-refractivity contribution in [2.45, 2.75) is 25.8 Å². The van der Waals surface area contributed by atoms with E-state index in [0.29, 0.717) is 23.4 Å². The van der Waals surface area contributed by atoms with Crippen molar-refractivity contribution in [1.82, 2.24) is 14.9 Å². The van der Waals surface area contributed by atoms with Gasteiger partial charge in [-0.1, -0.05) is 11.6 Å². The SMILES string of the molecule is Cc1nc(Cl)cc(N2CCN3C(=O)CCC3C2)n1. The third-order valence-corrected chi connectivity index (χ3v) is 3.81. The van der Waals surface area contributed by atoms with E-state index in [1.165, 1.54) is 0 Å². The smallest absolute Gasteiger partial charge is 0.223 e. The van der Waals surface area contributed by atoms with Gasteiger partial charge in [0.05, 0.1) is 0 Å². The Hall–Kier alpha value is -1.36. The van der Waals surface area contributed by atoms with Crippen LogP contribution in [0, 0.1) is 6.92 Å². The molecule has 1 aromatic rings. The van der Waals surface area contributed by atoms with Gasteiger partial charge in [-0.2, -0.15) is 0 Å². The number of rotatable bonds is 1. The van der Waals surface area contributed by atoms with Crippen molar-refractivity contribution in [2.75, 3.05) is 24.5 Å². The molecule has 1 aromatic heterocycles. The summed E-state index contributed by atoms with van der Waals surface area (Å²) >= 11 is 5.96. The fourth-order valence-corrected chi connectivity index (χ4v) is 2.97. The predicted octanol–water partition coefficient (Wildman–Crippen LogP) is 1.25. The first kappa shape index (κ1) is 11.7. The Morgan fingerprint density at radius 3 is 3.00 bits per heavy atom. The van der Waals surface area contributed by atoms with Crippen molar-refractivity contribution in [1.29, 1.82) is 0 Å². The Bertz CT molecular complexity index is 473. The minimum Gasteiger partial charge on any atom is -0.353 e. The number of amides is 1. The lowest BCUT2D eigenvalue weighted by atomic mass is 10.1. The molecule has 0 aromatic carbocycles. The molecule has 3 rings (SSSR count). The molecule has 0 bridgehead atoms. The highest BCUT2D eigenvalue weighted by Crippen LogP contribution is 2.26. The van der Waals surface area contributed by atoms with Crippen LogP contribution in [0.15, 0.2) is 6.07 Å². The van der Waals surface area contributed by atoms with E-state index in [1.54, 1.807) is 6.07 Å².